The summed E-state index contributed by atoms with van der Waals surface area (Å²) in [5, 5.41) is 4.13. The Labute approximate surface area is 188 Å². The summed E-state index contributed by atoms with van der Waals surface area (Å²) in [4.78, 5) is 14.4. The number of benzene rings is 2. The molecule has 0 bridgehead atoms. The Morgan fingerprint density at radius 2 is 1.69 bits per heavy atom. The van der Waals surface area contributed by atoms with Crippen LogP contribution in [-0.4, -0.2) is 69.5 Å². The highest BCUT2D eigenvalue weighted by Crippen LogP contribution is 2.32. The molecule has 0 aromatic heterocycles. The van der Waals surface area contributed by atoms with Gasteiger partial charge in [-0.25, -0.2) is 8.42 Å². The number of rotatable bonds is 6. The molecule has 0 aliphatic carbocycles. The van der Waals surface area contributed by atoms with E-state index >= 15 is 0 Å². The molecule has 0 atom stereocenters. The van der Waals surface area contributed by atoms with Crippen LogP contribution in [0.3, 0.4) is 0 Å². The first-order valence-corrected chi connectivity index (χ1v) is 12.1. The summed E-state index contributed by atoms with van der Waals surface area (Å²) >= 11 is 0. The molecule has 0 saturated carbocycles. The van der Waals surface area contributed by atoms with Gasteiger partial charge in [0.15, 0.2) is 11.5 Å². The Kier molecular flexibility index (Phi) is 7.09. The van der Waals surface area contributed by atoms with Crippen LogP contribution in [0.4, 0.5) is 5.69 Å². The van der Waals surface area contributed by atoms with Gasteiger partial charge in [0.25, 0.3) is 0 Å². The molecule has 0 spiro atoms. The van der Waals surface area contributed by atoms with E-state index in [1.165, 1.54) is 9.71 Å². The fourth-order valence-corrected chi connectivity index (χ4v) is 4.78. The maximum absolute atomic E-state index is 12.6. The number of piperazine rings is 1. The lowest BCUT2D eigenvalue weighted by Gasteiger charge is -2.32. The first-order valence-electron chi connectivity index (χ1n) is 10.6. The van der Waals surface area contributed by atoms with Gasteiger partial charge in [-0.15, -0.1) is 0 Å². The zero-order valence-corrected chi connectivity index (χ0v) is 18.6. The van der Waals surface area contributed by atoms with Gasteiger partial charge in [-0.1, -0.05) is 30.3 Å². The van der Waals surface area contributed by atoms with E-state index in [4.69, 9.17) is 9.47 Å². The van der Waals surface area contributed by atoms with Crippen LogP contribution in [0.15, 0.2) is 53.9 Å². The number of nitrogens with one attached hydrogen (secondary N) is 1. The fraction of sp³-hybridized carbons (Fsp3) is 0.348. The van der Waals surface area contributed by atoms with Crippen molar-refractivity contribution in [1.29, 1.82) is 0 Å². The quantitative estimate of drug-likeness (QED) is 0.717. The zero-order valence-electron chi connectivity index (χ0n) is 17.8. The van der Waals surface area contributed by atoms with Crippen molar-refractivity contribution in [2.75, 3.05) is 51.3 Å². The number of fused-ring (bicyclic) bond motifs is 1. The number of sulfonamides is 1. The molecule has 1 fully saturated rings. The highest BCUT2D eigenvalue weighted by atomic mass is 32.2. The van der Waals surface area contributed by atoms with Crippen molar-refractivity contribution in [1.82, 2.24) is 9.21 Å². The van der Waals surface area contributed by atoms with Crippen molar-refractivity contribution in [3.63, 3.8) is 0 Å². The molecule has 1 saturated heterocycles. The molecule has 170 valence electrons. The first kappa shape index (κ1) is 22.3. The fourth-order valence-electron chi connectivity index (χ4n) is 3.60. The minimum atomic E-state index is -3.49. The van der Waals surface area contributed by atoms with Crippen LogP contribution in [0.5, 0.6) is 11.5 Å². The molecule has 0 radical (unpaired) electrons. The van der Waals surface area contributed by atoms with Crippen LogP contribution < -0.4 is 14.8 Å². The van der Waals surface area contributed by atoms with Gasteiger partial charge in [0.05, 0.1) is 19.8 Å². The Bertz CT molecular complexity index is 1060. The van der Waals surface area contributed by atoms with Crippen molar-refractivity contribution in [2.45, 2.75) is 6.42 Å². The zero-order chi connectivity index (χ0) is 22.4. The van der Waals surface area contributed by atoms with Crippen molar-refractivity contribution >= 4 is 27.7 Å². The lowest BCUT2D eigenvalue weighted by atomic mass is 10.2. The van der Waals surface area contributed by atoms with E-state index in [9.17, 15) is 13.2 Å². The van der Waals surface area contributed by atoms with Crippen LogP contribution in [0.2, 0.25) is 0 Å². The van der Waals surface area contributed by atoms with Crippen LogP contribution in [-0.2, 0) is 14.8 Å². The maximum atomic E-state index is 12.6. The van der Waals surface area contributed by atoms with Gasteiger partial charge in [0.2, 0.25) is 15.9 Å². The summed E-state index contributed by atoms with van der Waals surface area (Å²) in [7, 11) is -3.49. The lowest BCUT2D eigenvalue weighted by molar-refractivity contribution is -0.117. The molecule has 0 unspecified atom stereocenters. The smallest absolute Gasteiger partial charge is 0.238 e. The van der Waals surface area contributed by atoms with Crippen LogP contribution in [0.1, 0.15) is 12.0 Å². The Morgan fingerprint density at radius 1 is 0.969 bits per heavy atom. The summed E-state index contributed by atoms with van der Waals surface area (Å²) in [5.74, 6) is 1.15. The lowest BCUT2D eigenvalue weighted by Crippen LogP contribution is -2.49. The number of hydrogen-bond acceptors (Lipinski definition) is 6. The molecule has 2 aromatic rings. The summed E-state index contributed by atoms with van der Waals surface area (Å²) < 4.78 is 37.9. The summed E-state index contributed by atoms with van der Waals surface area (Å²) in [5.41, 5.74) is 1.48. The van der Waals surface area contributed by atoms with Crippen molar-refractivity contribution < 1.29 is 22.7 Å². The molecular weight excluding hydrogens is 430 g/mol. The van der Waals surface area contributed by atoms with E-state index < -0.39 is 10.0 Å². The molecule has 2 heterocycles. The van der Waals surface area contributed by atoms with Crippen LogP contribution in [0.25, 0.3) is 6.08 Å². The second-order valence-electron chi connectivity index (χ2n) is 7.69. The molecule has 8 nitrogen and oxygen atoms in total. The third-order valence-electron chi connectivity index (χ3n) is 5.32. The highest BCUT2D eigenvalue weighted by molar-refractivity contribution is 7.92. The van der Waals surface area contributed by atoms with Gasteiger partial charge in [-0.05, 0) is 23.8 Å². The molecule has 2 aliphatic heterocycles. The summed E-state index contributed by atoms with van der Waals surface area (Å²) in [6.45, 7) is 3.07. The molecule has 2 aromatic carbocycles. The van der Waals surface area contributed by atoms with Crippen molar-refractivity contribution in [3.8, 4) is 11.5 Å². The SMILES string of the molecule is O=C(CN1CCN(S(=O)(=O)/C=C/c2ccccc2)CC1)Nc1ccc2c(c1)OCCCO2. The molecular formula is C23H27N3O5S. The predicted molar refractivity (Wildman–Crippen MR) is 123 cm³/mol. The third kappa shape index (κ3) is 5.87. The number of carbonyl (C=O) groups excluding carboxylic acids is 1. The number of carbonyl (C=O) groups is 1. The highest BCUT2D eigenvalue weighted by Gasteiger charge is 2.26. The minimum Gasteiger partial charge on any atom is -0.490 e. The average Bonchev–Trinajstić information content (AvgIpc) is 3.04. The standard InChI is InChI=1S/C23H27N3O5S/c27-23(24-20-7-8-21-22(17-20)31-15-4-14-30-21)18-25-10-12-26(13-11-25)32(28,29)16-9-19-5-2-1-3-6-19/h1-3,5-9,16-17H,4,10-15,18H2,(H,24,27)/b16-9+. The number of hydrogen-bond donors (Lipinski definition) is 1. The number of amides is 1. The molecule has 2 aliphatic rings. The van der Waals surface area contributed by atoms with Gasteiger partial charge in [-0.2, -0.15) is 4.31 Å². The molecule has 32 heavy (non-hydrogen) atoms. The van der Waals surface area contributed by atoms with Gasteiger partial charge in [0.1, 0.15) is 0 Å². The van der Waals surface area contributed by atoms with Gasteiger partial charge in [0, 0.05) is 49.8 Å². The number of anilines is 1. The second kappa shape index (κ2) is 10.2. The van der Waals surface area contributed by atoms with E-state index in [0.717, 1.165) is 12.0 Å². The predicted octanol–water partition coefficient (Wildman–Crippen LogP) is 2.40. The Hall–Kier alpha value is -2.88. The molecule has 1 N–H and O–H groups in total. The van der Waals surface area contributed by atoms with E-state index in [2.05, 4.69) is 5.32 Å². The summed E-state index contributed by atoms with van der Waals surface area (Å²) in [6.07, 6.45) is 2.42. The molecule has 1 amide bonds. The normalized spacial score (nSPS) is 17.8. The third-order valence-corrected chi connectivity index (χ3v) is 6.89. The van der Waals surface area contributed by atoms with E-state index in [1.807, 2.05) is 35.2 Å². The maximum Gasteiger partial charge on any atom is 0.238 e. The number of ether oxygens (including phenoxy) is 2. The van der Waals surface area contributed by atoms with Gasteiger partial charge < -0.3 is 14.8 Å². The second-order valence-corrected chi connectivity index (χ2v) is 9.51. The average molecular weight is 458 g/mol. The van der Waals surface area contributed by atoms with Crippen molar-refractivity contribution in [2.24, 2.45) is 0 Å². The van der Waals surface area contributed by atoms with Gasteiger partial charge in [-0.3, -0.25) is 9.69 Å². The van der Waals surface area contributed by atoms with E-state index in [0.29, 0.717) is 56.6 Å². The largest absolute Gasteiger partial charge is 0.490 e. The Morgan fingerprint density at radius 3 is 2.44 bits per heavy atom. The van der Waals surface area contributed by atoms with E-state index in [1.54, 1.807) is 24.3 Å². The first-order chi connectivity index (χ1) is 15.5. The monoisotopic (exact) mass is 457 g/mol. The van der Waals surface area contributed by atoms with Gasteiger partial charge >= 0.3 is 0 Å². The topological polar surface area (TPSA) is 88.2 Å². The van der Waals surface area contributed by atoms with Crippen molar-refractivity contribution in [3.05, 3.63) is 59.5 Å². The van der Waals surface area contributed by atoms with E-state index in [-0.39, 0.29) is 12.5 Å². The minimum absolute atomic E-state index is 0.153. The Balaban J connectivity index is 1.27. The van der Waals surface area contributed by atoms with Crippen LogP contribution in [0, 0.1) is 0 Å². The molecule has 9 heteroatoms. The van der Waals surface area contributed by atoms with Crippen LogP contribution >= 0.6 is 0 Å². The number of nitrogens with zero attached hydrogens (tertiary/aromatic N) is 2. The summed E-state index contributed by atoms with van der Waals surface area (Å²) in [6, 6.07) is 14.7. The molecule has 4 rings (SSSR count).